The van der Waals surface area contributed by atoms with Crippen LogP contribution >= 0.6 is 23.5 Å². The fourth-order valence-electron chi connectivity index (χ4n) is 3.05. The molecule has 4 aromatic rings. The Morgan fingerprint density at radius 2 is 1.73 bits per heavy atom. The molecule has 26 heavy (non-hydrogen) atoms. The van der Waals surface area contributed by atoms with Crippen molar-refractivity contribution in [3.05, 3.63) is 71.1 Å². The Morgan fingerprint density at radius 3 is 2.54 bits per heavy atom. The summed E-state index contributed by atoms with van der Waals surface area (Å²) in [6.45, 7) is 2.13. The zero-order valence-corrected chi connectivity index (χ0v) is 16.2. The van der Waals surface area contributed by atoms with Crippen molar-refractivity contribution in [1.82, 2.24) is 9.55 Å². The molecule has 0 saturated carbocycles. The molecule has 3 nitrogen and oxygen atoms in total. The van der Waals surface area contributed by atoms with Crippen LogP contribution in [0, 0.1) is 0 Å². The van der Waals surface area contributed by atoms with E-state index < -0.39 is 0 Å². The predicted octanol–water partition coefficient (Wildman–Crippen LogP) is 5.35. The minimum absolute atomic E-state index is 0.0806. The number of benzene rings is 2. The third kappa shape index (κ3) is 3.02. The fourth-order valence-corrected chi connectivity index (χ4v) is 5.10. The summed E-state index contributed by atoms with van der Waals surface area (Å²) in [5.74, 6) is 0.962. The number of aryl methyl sites for hydroxylation is 1. The zero-order chi connectivity index (χ0) is 18.1. The molecule has 5 heteroatoms. The first-order chi connectivity index (χ1) is 12.7. The molecule has 2 aromatic carbocycles. The molecule has 0 fully saturated rings. The standard InChI is InChI=1S/C21H18N2OS2/c1-3-25-18-12-22-16-10-6-4-8-14(16)21(18)26-19-13-23(2)17-11-7-5-9-15(17)20(19)24/h4-13H,3H2,1-2H3. The maximum absolute atomic E-state index is 13.0. The normalized spacial score (nSPS) is 11.3. The van der Waals surface area contributed by atoms with Crippen LogP contribution < -0.4 is 5.43 Å². The van der Waals surface area contributed by atoms with E-state index in [1.165, 1.54) is 0 Å². The van der Waals surface area contributed by atoms with Crippen molar-refractivity contribution in [2.24, 2.45) is 7.05 Å². The molecule has 0 aliphatic heterocycles. The Balaban J connectivity index is 1.93. The third-order valence-corrected chi connectivity index (χ3v) is 6.46. The van der Waals surface area contributed by atoms with Gasteiger partial charge in [0, 0.05) is 40.0 Å². The Bertz CT molecular complexity index is 1170. The van der Waals surface area contributed by atoms with Crippen LogP contribution in [0.15, 0.2) is 80.4 Å². The van der Waals surface area contributed by atoms with Gasteiger partial charge in [-0.2, -0.15) is 0 Å². The molecule has 0 aliphatic carbocycles. The quantitative estimate of drug-likeness (QED) is 0.448. The molecular weight excluding hydrogens is 360 g/mol. The summed E-state index contributed by atoms with van der Waals surface area (Å²) in [5.41, 5.74) is 1.98. The lowest BCUT2D eigenvalue weighted by molar-refractivity contribution is 0.923. The maximum atomic E-state index is 13.0. The average molecular weight is 379 g/mol. The van der Waals surface area contributed by atoms with E-state index in [2.05, 4.69) is 18.0 Å². The molecule has 0 saturated heterocycles. The van der Waals surface area contributed by atoms with Crippen LogP contribution in [-0.2, 0) is 7.05 Å². The van der Waals surface area contributed by atoms with E-state index in [0.29, 0.717) is 0 Å². The van der Waals surface area contributed by atoms with E-state index in [4.69, 9.17) is 0 Å². The fraction of sp³-hybridized carbons (Fsp3) is 0.143. The second-order valence-electron chi connectivity index (χ2n) is 5.95. The van der Waals surface area contributed by atoms with Crippen molar-refractivity contribution >= 4 is 45.3 Å². The van der Waals surface area contributed by atoms with E-state index in [1.807, 2.05) is 66.5 Å². The minimum atomic E-state index is 0.0806. The summed E-state index contributed by atoms with van der Waals surface area (Å²) in [6.07, 6.45) is 3.86. The van der Waals surface area contributed by atoms with Gasteiger partial charge >= 0.3 is 0 Å². The number of rotatable bonds is 4. The lowest BCUT2D eigenvalue weighted by atomic mass is 10.2. The molecule has 0 N–H and O–H groups in total. The molecule has 130 valence electrons. The van der Waals surface area contributed by atoms with Crippen molar-refractivity contribution in [2.45, 2.75) is 21.6 Å². The van der Waals surface area contributed by atoms with Gasteiger partial charge in [-0.3, -0.25) is 9.78 Å². The Labute approximate surface area is 160 Å². The largest absolute Gasteiger partial charge is 0.349 e. The molecular formula is C21H18N2OS2. The van der Waals surface area contributed by atoms with Crippen LogP contribution in [0.1, 0.15) is 6.92 Å². The first-order valence-electron chi connectivity index (χ1n) is 8.46. The van der Waals surface area contributed by atoms with Gasteiger partial charge in [-0.1, -0.05) is 49.0 Å². The maximum Gasteiger partial charge on any atom is 0.203 e. The van der Waals surface area contributed by atoms with E-state index in [9.17, 15) is 4.79 Å². The Hall–Kier alpha value is -2.24. The van der Waals surface area contributed by atoms with Gasteiger partial charge < -0.3 is 4.57 Å². The molecule has 0 bridgehead atoms. The van der Waals surface area contributed by atoms with Crippen molar-refractivity contribution < 1.29 is 0 Å². The van der Waals surface area contributed by atoms with Gasteiger partial charge in [-0.25, -0.2) is 0 Å². The van der Waals surface area contributed by atoms with Crippen LogP contribution in [0.4, 0.5) is 0 Å². The van der Waals surface area contributed by atoms with Crippen LogP contribution in [0.2, 0.25) is 0 Å². The summed E-state index contributed by atoms with van der Waals surface area (Å²) in [7, 11) is 1.98. The van der Waals surface area contributed by atoms with Gasteiger partial charge in [-0.05, 0) is 24.0 Å². The van der Waals surface area contributed by atoms with Gasteiger partial charge in [0.15, 0.2) is 0 Å². The Morgan fingerprint density at radius 1 is 1.00 bits per heavy atom. The molecule has 0 aliphatic rings. The van der Waals surface area contributed by atoms with E-state index in [-0.39, 0.29) is 5.43 Å². The van der Waals surface area contributed by atoms with Gasteiger partial charge in [-0.15, -0.1) is 11.8 Å². The van der Waals surface area contributed by atoms with Crippen molar-refractivity contribution in [2.75, 3.05) is 5.75 Å². The van der Waals surface area contributed by atoms with Crippen LogP contribution in [-0.4, -0.2) is 15.3 Å². The molecule has 0 spiro atoms. The molecule has 4 rings (SSSR count). The van der Waals surface area contributed by atoms with E-state index >= 15 is 0 Å². The SMILES string of the molecule is CCSc1cnc2ccccc2c1Sc1cn(C)c2ccccc2c1=O. The second-order valence-corrected chi connectivity index (χ2v) is 8.31. The number of aromatic nitrogens is 2. The summed E-state index contributed by atoms with van der Waals surface area (Å²) < 4.78 is 2.02. The van der Waals surface area contributed by atoms with E-state index in [0.717, 1.165) is 42.2 Å². The van der Waals surface area contributed by atoms with Gasteiger partial charge in [0.25, 0.3) is 0 Å². The summed E-state index contributed by atoms with van der Waals surface area (Å²) in [4.78, 5) is 20.6. The lowest BCUT2D eigenvalue weighted by Gasteiger charge is -2.13. The summed E-state index contributed by atoms with van der Waals surface area (Å²) in [5, 5.41) is 1.84. The highest BCUT2D eigenvalue weighted by Crippen LogP contribution is 2.39. The first-order valence-corrected chi connectivity index (χ1v) is 10.3. The third-order valence-electron chi connectivity index (χ3n) is 4.27. The monoisotopic (exact) mass is 378 g/mol. The number of hydrogen-bond donors (Lipinski definition) is 0. The van der Waals surface area contributed by atoms with Gasteiger partial charge in [0.1, 0.15) is 0 Å². The second kappa shape index (κ2) is 7.17. The zero-order valence-electron chi connectivity index (χ0n) is 14.6. The van der Waals surface area contributed by atoms with Gasteiger partial charge in [0.05, 0.1) is 15.9 Å². The number of fused-ring (bicyclic) bond motifs is 2. The average Bonchev–Trinajstić information content (AvgIpc) is 2.67. The van der Waals surface area contributed by atoms with E-state index in [1.54, 1.807) is 23.5 Å². The van der Waals surface area contributed by atoms with Crippen LogP contribution in [0.25, 0.3) is 21.8 Å². The number of nitrogens with zero attached hydrogens (tertiary/aromatic N) is 2. The highest BCUT2D eigenvalue weighted by atomic mass is 32.2. The van der Waals surface area contributed by atoms with Gasteiger partial charge in [0.2, 0.25) is 5.43 Å². The molecule has 0 atom stereocenters. The number of para-hydroxylation sites is 2. The Kier molecular flexibility index (Phi) is 4.74. The van der Waals surface area contributed by atoms with Crippen molar-refractivity contribution in [1.29, 1.82) is 0 Å². The van der Waals surface area contributed by atoms with Crippen LogP contribution in [0.3, 0.4) is 0 Å². The molecule has 0 unspecified atom stereocenters. The highest BCUT2D eigenvalue weighted by molar-refractivity contribution is 8.02. The molecule has 0 amide bonds. The van der Waals surface area contributed by atoms with Crippen LogP contribution in [0.5, 0.6) is 0 Å². The summed E-state index contributed by atoms with van der Waals surface area (Å²) in [6, 6.07) is 15.9. The van der Waals surface area contributed by atoms with Crippen molar-refractivity contribution in [3.63, 3.8) is 0 Å². The molecule has 2 aromatic heterocycles. The summed E-state index contributed by atoms with van der Waals surface area (Å²) >= 11 is 3.30. The topological polar surface area (TPSA) is 34.9 Å². The van der Waals surface area contributed by atoms with Crippen molar-refractivity contribution in [3.8, 4) is 0 Å². The first kappa shape index (κ1) is 17.2. The number of hydrogen-bond acceptors (Lipinski definition) is 4. The highest BCUT2D eigenvalue weighted by Gasteiger charge is 2.14. The minimum Gasteiger partial charge on any atom is -0.349 e. The predicted molar refractivity (Wildman–Crippen MR) is 111 cm³/mol. The smallest absolute Gasteiger partial charge is 0.203 e. The number of thioether (sulfide) groups is 1. The number of pyridine rings is 2. The molecule has 0 radical (unpaired) electrons. The molecule has 2 heterocycles. The lowest BCUT2D eigenvalue weighted by Crippen LogP contribution is -2.09.